The van der Waals surface area contributed by atoms with Crippen LogP contribution in [-0.4, -0.2) is 18.5 Å². The van der Waals surface area contributed by atoms with Crippen molar-refractivity contribution in [3.05, 3.63) is 30.2 Å². The van der Waals surface area contributed by atoms with Gasteiger partial charge in [-0.05, 0) is 39.8 Å². The summed E-state index contributed by atoms with van der Waals surface area (Å²) in [6, 6.07) is 4.13. The maximum atomic E-state index is 12.0. The summed E-state index contributed by atoms with van der Waals surface area (Å²) in [7, 11) is -1.05. The smallest absolute Gasteiger partial charge is 0.0973 e. The van der Waals surface area contributed by atoms with Crippen LogP contribution in [0.4, 0.5) is 0 Å². The zero-order chi connectivity index (χ0) is 14.0. The van der Waals surface area contributed by atoms with E-state index in [0.29, 0.717) is 6.54 Å². The highest BCUT2D eigenvalue weighted by atomic mass is 32.2. The Morgan fingerprint density at radius 3 is 2.79 bits per heavy atom. The Hall–Kier alpha value is -1.20. The molecule has 2 aromatic heterocycles. The molecule has 0 amide bonds. The summed E-state index contributed by atoms with van der Waals surface area (Å²) in [6.45, 7) is 9.52. The second-order valence-corrected chi connectivity index (χ2v) is 7.57. The second-order valence-electron chi connectivity index (χ2n) is 5.52. The summed E-state index contributed by atoms with van der Waals surface area (Å²) in [5.41, 5.74) is 2.32. The normalized spacial score (nSPS) is 13.9. The van der Waals surface area contributed by atoms with Crippen LogP contribution in [0.3, 0.4) is 0 Å². The largest absolute Gasteiger partial charge is 0.343 e. The van der Waals surface area contributed by atoms with Crippen LogP contribution in [-0.2, 0) is 24.1 Å². The van der Waals surface area contributed by atoms with Crippen molar-refractivity contribution in [1.29, 1.82) is 0 Å². The molecule has 0 aromatic carbocycles. The second kappa shape index (κ2) is 5.43. The first-order chi connectivity index (χ1) is 8.93. The van der Waals surface area contributed by atoms with E-state index in [1.54, 1.807) is 6.20 Å². The van der Waals surface area contributed by atoms with E-state index in [0.717, 1.165) is 17.6 Å². The van der Waals surface area contributed by atoms with E-state index >= 15 is 0 Å². The number of nitrogens with one attached hydrogen (secondary N) is 1. The van der Waals surface area contributed by atoms with Gasteiger partial charge in [-0.3, -0.25) is 4.98 Å². The predicted molar refractivity (Wildman–Crippen MR) is 80.1 cm³/mol. The Balaban J connectivity index is 2.23. The summed E-state index contributed by atoms with van der Waals surface area (Å²) in [5, 5.41) is 1.13. The number of rotatable bonds is 4. The van der Waals surface area contributed by atoms with Crippen LogP contribution in [0.5, 0.6) is 0 Å². The molecule has 5 heteroatoms. The Labute approximate surface area is 116 Å². The van der Waals surface area contributed by atoms with Crippen molar-refractivity contribution in [2.75, 3.05) is 0 Å². The van der Waals surface area contributed by atoms with E-state index in [9.17, 15) is 4.21 Å². The van der Waals surface area contributed by atoms with Crippen molar-refractivity contribution >= 4 is 21.9 Å². The van der Waals surface area contributed by atoms with E-state index in [4.69, 9.17) is 0 Å². The summed E-state index contributed by atoms with van der Waals surface area (Å²) in [6.07, 6.45) is 3.67. The van der Waals surface area contributed by atoms with Gasteiger partial charge < -0.3 is 4.57 Å². The maximum Gasteiger partial charge on any atom is 0.0973 e. The highest BCUT2D eigenvalue weighted by Gasteiger charge is 2.19. The molecule has 2 heterocycles. The van der Waals surface area contributed by atoms with Crippen LogP contribution in [0.15, 0.2) is 24.5 Å². The Kier molecular flexibility index (Phi) is 4.06. The number of aromatic nitrogens is 2. The van der Waals surface area contributed by atoms with Gasteiger partial charge in [-0.25, -0.2) is 8.93 Å². The molecule has 0 aliphatic carbocycles. The third-order valence-electron chi connectivity index (χ3n) is 3.04. The first kappa shape index (κ1) is 14.2. The average Bonchev–Trinajstić information content (AvgIpc) is 2.72. The van der Waals surface area contributed by atoms with E-state index in [1.807, 2.05) is 33.0 Å². The monoisotopic (exact) mass is 279 g/mol. The van der Waals surface area contributed by atoms with Crippen molar-refractivity contribution in [3.63, 3.8) is 0 Å². The number of aryl methyl sites for hydroxylation is 1. The minimum absolute atomic E-state index is 0.245. The van der Waals surface area contributed by atoms with Gasteiger partial charge in [0, 0.05) is 36.6 Å². The lowest BCUT2D eigenvalue weighted by Gasteiger charge is -2.18. The zero-order valence-corrected chi connectivity index (χ0v) is 12.8. The molecule has 0 spiro atoms. The lowest BCUT2D eigenvalue weighted by molar-refractivity contribution is 0.629. The number of hydrogen-bond donors (Lipinski definition) is 1. The van der Waals surface area contributed by atoms with Gasteiger partial charge in [-0.1, -0.05) is 0 Å². The van der Waals surface area contributed by atoms with E-state index < -0.39 is 11.0 Å². The van der Waals surface area contributed by atoms with Crippen molar-refractivity contribution in [2.24, 2.45) is 0 Å². The summed E-state index contributed by atoms with van der Waals surface area (Å²) in [5.74, 6) is 0. The fraction of sp³-hybridized carbons (Fsp3) is 0.500. The summed E-state index contributed by atoms with van der Waals surface area (Å²) in [4.78, 5) is 4.14. The first-order valence-corrected chi connectivity index (χ1v) is 7.66. The molecular weight excluding hydrogens is 258 g/mol. The van der Waals surface area contributed by atoms with Gasteiger partial charge >= 0.3 is 0 Å². The fourth-order valence-electron chi connectivity index (χ4n) is 2.04. The molecule has 2 aromatic rings. The SMILES string of the molecule is CCn1c(CN[S@](=O)C(C)(C)C)cc2cnccc21. The Bertz CT molecular complexity index is 598. The molecule has 104 valence electrons. The van der Waals surface area contributed by atoms with Crippen molar-refractivity contribution < 1.29 is 4.21 Å². The molecule has 4 nitrogen and oxygen atoms in total. The van der Waals surface area contributed by atoms with Crippen LogP contribution in [0.1, 0.15) is 33.4 Å². The molecule has 0 unspecified atom stereocenters. The maximum absolute atomic E-state index is 12.0. The molecular formula is C14H21N3OS. The number of fused-ring (bicyclic) bond motifs is 1. The Morgan fingerprint density at radius 2 is 2.16 bits per heavy atom. The lowest BCUT2D eigenvalue weighted by Crippen LogP contribution is -2.33. The summed E-state index contributed by atoms with van der Waals surface area (Å²) >= 11 is 0. The minimum atomic E-state index is -1.05. The number of nitrogens with zero attached hydrogens (tertiary/aromatic N) is 2. The van der Waals surface area contributed by atoms with Crippen molar-refractivity contribution in [2.45, 2.75) is 45.5 Å². The molecule has 0 bridgehead atoms. The summed E-state index contributed by atoms with van der Waals surface area (Å²) < 4.78 is 17.1. The first-order valence-electron chi connectivity index (χ1n) is 6.51. The van der Waals surface area contributed by atoms with E-state index in [-0.39, 0.29) is 4.75 Å². The third kappa shape index (κ3) is 3.04. The average molecular weight is 279 g/mol. The minimum Gasteiger partial charge on any atom is -0.343 e. The molecule has 0 aliphatic rings. The molecule has 0 fully saturated rings. The van der Waals surface area contributed by atoms with Gasteiger partial charge in [0.1, 0.15) is 0 Å². The number of hydrogen-bond acceptors (Lipinski definition) is 2. The molecule has 0 radical (unpaired) electrons. The van der Waals surface area contributed by atoms with Crippen LogP contribution in [0.25, 0.3) is 10.9 Å². The van der Waals surface area contributed by atoms with Crippen LogP contribution in [0.2, 0.25) is 0 Å². The molecule has 1 N–H and O–H groups in total. The zero-order valence-electron chi connectivity index (χ0n) is 11.9. The topological polar surface area (TPSA) is 46.9 Å². The molecule has 2 rings (SSSR count). The standard InChI is InChI=1S/C14H21N3OS/c1-5-17-12(10-16-19(18)14(2,3)4)8-11-9-15-7-6-13(11)17/h6-9,16H,5,10H2,1-4H3/t19-/m1/s1. The van der Waals surface area contributed by atoms with Gasteiger partial charge in [0.25, 0.3) is 0 Å². The highest BCUT2D eigenvalue weighted by molar-refractivity contribution is 7.84. The van der Waals surface area contributed by atoms with Gasteiger partial charge in [0.05, 0.1) is 21.2 Å². The predicted octanol–water partition coefficient (Wildman–Crippen LogP) is 2.61. The molecule has 0 aliphatic heterocycles. The van der Waals surface area contributed by atoms with E-state index in [1.165, 1.54) is 5.52 Å². The number of pyridine rings is 1. The fourth-order valence-corrected chi connectivity index (χ4v) is 2.76. The molecule has 1 atom stereocenters. The van der Waals surface area contributed by atoms with Gasteiger partial charge in [-0.2, -0.15) is 0 Å². The van der Waals surface area contributed by atoms with Crippen LogP contribution < -0.4 is 4.72 Å². The van der Waals surface area contributed by atoms with Crippen LogP contribution in [0, 0.1) is 0 Å². The van der Waals surface area contributed by atoms with Crippen molar-refractivity contribution in [1.82, 2.24) is 14.3 Å². The van der Waals surface area contributed by atoms with Gasteiger partial charge in [0.2, 0.25) is 0 Å². The quantitative estimate of drug-likeness (QED) is 0.935. The van der Waals surface area contributed by atoms with Crippen LogP contribution >= 0.6 is 0 Å². The highest BCUT2D eigenvalue weighted by Crippen LogP contribution is 2.19. The van der Waals surface area contributed by atoms with Gasteiger partial charge in [0.15, 0.2) is 0 Å². The molecule has 0 saturated carbocycles. The van der Waals surface area contributed by atoms with Gasteiger partial charge in [-0.15, -0.1) is 0 Å². The lowest BCUT2D eigenvalue weighted by atomic mass is 10.3. The molecule has 0 saturated heterocycles. The molecule has 19 heavy (non-hydrogen) atoms. The van der Waals surface area contributed by atoms with E-state index in [2.05, 4.69) is 27.3 Å². The third-order valence-corrected chi connectivity index (χ3v) is 4.56. The Morgan fingerprint density at radius 1 is 1.42 bits per heavy atom. The van der Waals surface area contributed by atoms with Crippen molar-refractivity contribution in [3.8, 4) is 0 Å².